The van der Waals surface area contributed by atoms with Gasteiger partial charge in [-0.3, -0.25) is 14.5 Å². The predicted octanol–water partition coefficient (Wildman–Crippen LogP) is 2.68. The van der Waals surface area contributed by atoms with E-state index >= 15 is 0 Å². The van der Waals surface area contributed by atoms with E-state index in [2.05, 4.69) is 6.92 Å². The molecule has 2 aliphatic rings. The van der Waals surface area contributed by atoms with Crippen LogP contribution in [-0.2, 0) is 14.3 Å². The van der Waals surface area contributed by atoms with E-state index in [0.717, 1.165) is 18.4 Å². The molecule has 27 heavy (non-hydrogen) atoms. The Bertz CT molecular complexity index is 731. The zero-order valence-corrected chi connectivity index (χ0v) is 16.5. The van der Waals surface area contributed by atoms with E-state index in [0.29, 0.717) is 36.7 Å². The molecule has 2 atom stereocenters. The highest BCUT2D eigenvalue weighted by Crippen LogP contribution is 2.34. The van der Waals surface area contributed by atoms with Crippen LogP contribution in [0.1, 0.15) is 39.2 Å². The lowest BCUT2D eigenvalue weighted by atomic mass is 10.0. The number of methoxy groups -OCH3 is 1. The molecule has 1 saturated heterocycles. The summed E-state index contributed by atoms with van der Waals surface area (Å²) in [6.07, 6.45) is 1.74. The van der Waals surface area contributed by atoms with Crippen molar-refractivity contribution in [1.29, 1.82) is 0 Å². The second-order valence-electron chi connectivity index (χ2n) is 7.23. The number of hydrogen-bond acceptors (Lipinski definition) is 5. The van der Waals surface area contributed by atoms with Crippen molar-refractivity contribution in [3.05, 3.63) is 35.5 Å². The van der Waals surface area contributed by atoms with Gasteiger partial charge in [0.15, 0.2) is 0 Å². The molecule has 2 heterocycles. The minimum Gasteiger partial charge on any atom is -0.497 e. The van der Waals surface area contributed by atoms with Gasteiger partial charge < -0.3 is 14.4 Å². The molecule has 1 aromatic rings. The predicted molar refractivity (Wildman–Crippen MR) is 103 cm³/mol. The lowest BCUT2D eigenvalue weighted by Gasteiger charge is -2.37. The molecular weight excluding hydrogens is 344 g/mol. The molecule has 0 bridgehead atoms. The molecule has 2 aliphatic heterocycles. The topological polar surface area (TPSA) is 59.1 Å². The van der Waals surface area contributed by atoms with Gasteiger partial charge in [0.2, 0.25) is 0 Å². The van der Waals surface area contributed by atoms with Crippen LogP contribution in [0, 0.1) is 0 Å². The highest BCUT2D eigenvalue weighted by Gasteiger charge is 2.42. The summed E-state index contributed by atoms with van der Waals surface area (Å²) in [7, 11) is 1.60. The summed E-state index contributed by atoms with van der Waals surface area (Å²) in [5.41, 5.74) is 1.73. The Morgan fingerprint density at radius 1 is 1.07 bits per heavy atom. The van der Waals surface area contributed by atoms with Gasteiger partial charge in [-0.15, -0.1) is 0 Å². The summed E-state index contributed by atoms with van der Waals surface area (Å²) in [4.78, 5) is 29.7. The smallest absolute Gasteiger partial charge is 0.277 e. The number of benzene rings is 1. The maximum absolute atomic E-state index is 13.2. The highest BCUT2D eigenvalue weighted by atomic mass is 16.5. The molecule has 0 N–H and O–H groups in total. The van der Waals surface area contributed by atoms with Crippen LogP contribution in [0.15, 0.2) is 30.0 Å². The maximum atomic E-state index is 13.2. The van der Waals surface area contributed by atoms with Crippen LogP contribution in [-0.4, -0.2) is 60.6 Å². The van der Waals surface area contributed by atoms with Crippen molar-refractivity contribution in [3.63, 3.8) is 0 Å². The maximum Gasteiger partial charge on any atom is 0.277 e. The molecule has 0 aromatic heterocycles. The number of unbranched alkanes of at least 4 members (excludes halogenated alkanes) is 1. The molecular formula is C21H28N2O4. The minimum atomic E-state index is -0.208. The van der Waals surface area contributed by atoms with Gasteiger partial charge >= 0.3 is 0 Å². The van der Waals surface area contributed by atoms with Crippen molar-refractivity contribution in [2.24, 2.45) is 0 Å². The molecule has 2 amide bonds. The molecule has 1 fully saturated rings. The normalized spacial score (nSPS) is 23.4. The summed E-state index contributed by atoms with van der Waals surface area (Å²) in [5.74, 6) is 0.315. The van der Waals surface area contributed by atoms with Crippen molar-refractivity contribution in [2.45, 2.75) is 45.8 Å². The Morgan fingerprint density at radius 2 is 1.70 bits per heavy atom. The number of rotatable bonds is 6. The summed E-state index contributed by atoms with van der Waals surface area (Å²) >= 11 is 0. The lowest BCUT2D eigenvalue weighted by molar-refractivity contribution is -0.138. The van der Waals surface area contributed by atoms with Crippen LogP contribution < -0.4 is 4.74 Å². The molecule has 2 unspecified atom stereocenters. The zero-order valence-electron chi connectivity index (χ0n) is 16.5. The largest absolute Gasteiger partial charge is 0.497 e. The van der Waals surface area contributed by atoms with Gasteiger partial charge in [-0.1, -0.05) is 25.5 Å². The molecule has 3 rings (SSSR count). The lowest BCUT2D eigenvalue weighted by Crippen LogP contribution is -2.47. The van der Waals surface area contributed by atoms with Crippen molar-refractivity contribution in [3.8, 4) is 5.75 Å². The minimum absolute atomic E-state index is 0.00552. The second-order valence-corrected chi connectivity index (χ2v) is 7.23. The first-order chi connectivity index (χ1) is 13.0. The number of amides is 2. The third-order valence-electron chi connectivity index (χ3n) is 4.99. The number of carbonyl (C=O) groups is 2. The van der Waals surface area contributed by atoms with Gasteiger partial charge in [0.05, 0.1) is 24.9 Å². The van der Waals surface area contributed by atoms with Crippen molar-refractivity contribution < 1.29 is 19.1 Å². The number of carbonyl (C=O) groups excluding carboxylic acids is 2. The number of nitrogens with zero attached hydrogens (tertiary/aromatic N) is 2. The van der Waals surface area contributed by atoms with Crippen LogP contribution in [0.5, 0.6) is 5.75 Å². The van der Waals surface area contributed by atoms with E-state index in [9.17, 15) is 9.59 Å². The molecule has 6 nitrogen and oxygen atoms in total. The van der Waals surface area contributed by atoms with Crippen LogP contribution in [0.25, 0.3) is 5.57 Å². The Labute approximate surface area is 160 Å². The summed E-state index contributed by atoms with van der Waals surface area (Å²) in [6, 6.07) is 7.32. The monoisotopic (exact) mass is 372 g/mol. The highest BCUT2D eigenvalue weighted by molar-refractivity contribution is 6.35. The Hall–Kier alpha value is -2.34. The fraction of sp³-hybridized carbons (Fsp3) is 0.524. The number of morpholine rings is 1. The van der Waals surface area contributed by atoms with Gasteiger partial charge in [0.25, 0.3) is 11.8 Å². The summed E-state index contributed by atoms with van der Waals surface area (Å²) in [6.45, 7) is 7.68. The number of imide groups is 1. The molecule has 0 saturated carbocycles. The molecule has 1 aromatic carbocycles. The van der Waals surface area contributed by atoms with E-state index < -0.39 is 0 Å². The van der Waals surface area contributed by atoms with E-state index in [1.807, 2.05) is 43.0 Å². The molecule has 146 valence electrons. The van der Waals surface area contributed by atoms with Gasteiger partial charge in [-0.25, -0.2) is 0 Å². The van der Waals surface area contributed by atoms with E-state index in [4.69, 9.17) is 9.47 Å². The van der Waals surface area contributed by atoms with E-state index in [-0.39, 0.29) is 24.0 Å². The number of ether oxygens (including phenoxy) is 2. The van der Waals surface area contributed by atoms with Crippen LogP contribution in [0.3, 0.4) is 0 Å². The van der Waals surface area contributed by atoms with Gasteiger partial charge in [-0.2, -0.15) is 0 Å². The first kappa shape index (κ1) is 19.4. The molecule has 0 spiro atoms. The zero-order chi connectivity index (χ0) is 19.6. The average Bonchev–Trinajstić information content (AvgIpc) is 2.89. The van der Waals surface area contributed by atoms with Gasteiger partial charge in [0.1, 0.15) is 11.4 Å². The first-order valence-corrected chi connectivity index (χ1v) is 9.61. The fourth-order valence-electron chi connectivity index (χ4n) is 3.75. The molecule has 6 heteroatoms. The van der Waals surface area contributed by atoms with Crippen molar-refractivity contribution in [2.75, 3.05) is 26.7 Å². The average molecular weight is 372 g/mol. The second kappa shape index (κ2) is 8.13. The quantitative estimate of drug-likeness (QED) is 0.719. The van der Waals surface area contributed by atoms with Crippen LogP contribution >= 0.6 is 0 Å². The van der Waals surface area contributed by atoms with E-state index in [1.165, 1.54) is 4.90 Å². The van der Waals surface area contributed by atoms with Crippen molar-refractivity contribution in [1.82, 2.24) is 9.80 Å². The third kappa shape index (κ3) is 3.86. The van der Waals surface area contributed by atoms with Gasteiger partial charge in [0, 0.05) is 19.6 Å². The Kier molecular flexibility index (Phi) is 5.85. The third-order valence-corrected chi connectivity index (χ3v) is 4.99. The van der Waals surface area contributed by atoms with Crippen LogP contribution in [0.2, 0.25) is 0 Å². The summed E-state index contributed by atoms with van der Waals surface area (Å²) < 4.78 is 11.0. The number of hydrogen-bond donors (Lipinski definition) is 0. The van der Waals surface area contributed by atoms with E-state index in [1.54, 1.807) is 7.11 Å². The Morgan fingerprint density at radius 3 is 2.26 bits per heavy atom. The Balaban J connectivity index is 2.03. The standard InChI is InChI=1S/C21H28N2O4/c1-5-6-11-23-20(24)18(16-7-9-17(26-4)10-8-16)19(21(23)25)22-12-14(2)27-15(3)13-22/h7-10,14-15H,5-6,11-13H2,1-4H3. The van der Waals surface area contributed by atoms with Crippen molar-refractivity contribution >= 4 is 17.4 Å². The van der Waals surface area contributed by atoms with Gasteiger partial charge in [-0.05, 0) is 38.0 Å². The summed E-state index contributed by atoms with van der Waals surface area (Å²) in [5, 5.41) is 0. The SMILES string of the molecule is CCCCN1C(=O)C(c2ccc(OC)cc2)=C(N2CC(C)OC(C)C2)C1=O. The first-order valence-electron chi connectivity index (χ1n) is 9.61. The van der Waals surface area contributed by atoms with Crippen LogP contribution in [0.4, 0.5) is 0 Å². The molecule has 0 aliphatic carbocycles. The fourth-order valence-corrected chi connectivity index (χ4v) is 3.75. The molecule has 0 radical (unpaired) electrons.